The van der Waals surface area contributed by atoms with Gasteiger partial charge >= 0.3 is 0 Å². The Morgan fingerprint density at radius 2 is 2.00 bits per heavy atom. The van der Waals surface area contributed by atoms with Crippen LogP contribution in [0, 0.1) is 0 Å². The fraction of sp³-hybridized carbons (Fsp3) is 0.231. The lowest BCUT2D eigenvalue weighted by Crippen LogP contribution is -2.34. The Hall–Kier alpha value is -1.88. The first-order valence-electron chi connectivity index (χ1n) is 5.57. The fourth-order valence-corrected chi connectivity index (χ4v) is 2.09. The molecule has 1 amide bonds. The van der Waals surface area contributed by atoms with Crippen LogP contribution in [0.2, 0.25) is 0 Å². The lowest BCUT2D eigenvalue weighted by atomic mass is 9.83. The summed E-state index contributed by atoms with van der Waals surface area (Å²) in [5, 5.41) is 5.25. The van der Waals surface area contributed by atoms with E-state index in [1.807, 2.05) is 31.4 Å². The Bertz CT molecular complexity index is 532. The van der Waals surface area contributed by atoms with Crippen LogP contribution < -0.4 is 11.1 Å². The number of nitrogens with zero attached hydrogens (tertiary/aromatic N) is 1. The topological polar surface area (TPSA) is 68.0 Å². The van der Waals surface area contributed by atoms with Crippen LogP contribution in [-0.2, 0) is 10.2 Å². The van der Waals surface area contributed by atoms with Crippen LogP contribution in [0.5, 0.6) is 0 Å². The van der Waals surface area contributed by atoms with Gasteiger partial charge in [0.25, 0.3) is 0 Å². The zero-order valence-electron chi connectivity index (χ0n) is 10.3. The Labute approximate surface area is 110 Å². The summed E-state index contributed by atoms with van der Waals surface area (Å²) >= 11 is 1.40. The van der Waals surface area contributed by atoms with Crippen molar-refractivity contribution in [3.8, 4) is 0 Å². The molecule has 2 aromatic rings. The van der Waals surface area contributed by atoms with Crippen molar-refractivity contribution in [1.82, 2.24) is 4.98 Å². The predicted octanol–water partition coefficient (Wildman–Crippen LogP) is 2.64. The summed E-state index contributed by atoms with van der Waals surface area (Å²) in [6.45, 7) is 3.75. The van der Waals surface area contributed by atoms with Crippen molar-refractivity contribution in [3.05, 3.63) is 41.4 Å². The second-order valence-electron chi connectivity index (χ2n) is 4.54. The van der Waals surface area contributed by atoms with Gasteiger partial charge in [-0.3, -0.25) is 4.79 Å². The lowest BCUT2D eigenvalue weighted by Gasteiger charge is -2.23. The largest absolute Gasteiger partial charge is 0.399 e. The van der Waals surface area contributed by atoms with Crippen LogP contribution in [0.25, 0.3) is 0 Å². The van der Waals surface area contributed by atoms with E-state index in [1.165, 1.54) is 11.3 Å². The number of anilines is 2. The Morgan fingerprint density at radius 3 is 2.56 bits per heavy atom. The van der Waals surface area contributed by atoms with Crippen LogP contribution in [0.15, 0.2) is 35.8 Å². The van der Waals surface area contributed by atoms with Gasteiger partial charge in [0.1, 0.15) is 0 Å². The monoisotopic (exact) mass is 261 g/mol. The van der Waals surface area contributed by atoms with Gasteiger partial charge in [-0.1, -0.05) is 12.1 Å². The number of amides is 1. The number of carbonyl (C=O) groups is 1. The highest BCUT2D eigenvalue weighted by Crippen LogP contribution is 2.26. The quantitative estimate of drug-likeness (QED) is 0.835. The molecule has 2 rings (SSSR count). The van der Waals surface area contributed by atoms with Gasteiger partial charge in [-0.25, -0.2) is 4.98 Å². The molecule has 0 unspecified atom stereocenters. The molecule has 0 atom stereocenters. The zero-order chi connectivity index (χ0) is 13.2. The molecular weight excluding hydrogens is 246 g/mol. The van der Waals surface area contributed by atoms with E-state index < -0.39 is 5.41 Å². The second kappa shape index (κ2) is 4.78. The van der Waals surface area contributed by atoms with E-state index in [0.717, 1.165) is 5.56 Å². The number of nitrogens with two attached hydrogens (primary N) is 1. The average Bonchev–Trinajstić information content (AvgIpc) is 2.82. The number of nitrogen functional groups attached to an aromatic ring is 1. The second-order valence-corrected chi connectivity index (χ2v) is 5.43. The number of benzene rings is 1. The summed E-state index contributed by atoms with van der Waals surface area (Å²) < 4.78 is 0. The maximum Gasteiger partial charge on any atom is 0.236 e. The molecule has 0 aliphatic rings. The third kappa shape index (κ3) is 2.51. The first-order valence-corrected chi connectivity index (χ1v) is 6.45. The normalized spacial score (nSPS) is 11.2. The first-order chi connectivity index (χ1) is 8.50. The Balaban J connectivity index is 2.19. The van der Waals surface area contributed by atoms with E-state index in [2.05, 4.69) is 10.3 Å². The standard InChI is InChI=1S/C13H15N3OS/c1-13(2,9-3-5-10(14)6-4-9)11(17)16-12-15-7-8-18-12/h3-8H,14H2,1-2H3,(H,15,16,17). The summed E-state index contributed by atoms with van der Waals surface area (Å²) in [5.41, 5.74) is 6.63. The molecule has 0 spiro atoms. The number of rotatable bonds is 3. The lowest BCUT2D eigenvalue weighted by molar-refractivity contribution is -0.120. The molecule has 0 fully saturated rings. The van der Waals surface area contributed by atoms with Crippen molar-refractivity contribution >= 4 is 28.1 Å². The van der Waals surface area contributed by atoms with E-state index in [4.69, 9.17) is 5.73 Å². The third-order valence-electron chi connectivity index (χ3n) is 2.85. The minimum atomic E-state index is -0.626. The van der Waals surface area contributed by atoms with Crippen molar-refractivity contribution in [2.75, 3.05) is 11.1 Å². The molecule has 3 N–H and O–H groups in total. The molecule has 94 valence electrons. The van der Waals surface area contributed by atoms with Crippen molar-refractivity contribution in [1.29, 1.82) is 0 Å². The minimum absolute atomic E-state index is 0.0813. The van der Waals surface area contributed by atoms with Crippen LogP contribution in [0.1, 0.15) is 19.4 Å². The van der Waals surface area contributed by atoms with Crippen LogP contribution >= 0.6 is 11.3 Å². The molecule has 0 bridgehead atoms. The molecular formula is C13H15N3OS. The molecule has 1 aromatic heterocycles. The highest BCUT2D eigenvalue weighted by molar-refractivity contribution is 7.13. The minimum Gasteiger partial charge on any atom is -0.399 e. The van der Waals surface area contributed by atoms with Crippen LogP contribution in [0.4, 0.5) is 10.8 Å². The van der Waals surface area contributed by atoms with Gasteiger partial charge in [0.15, 0.2) is 5.13 Å². The first kappa shape index (κ1) is 12.6. The highest BCUT2D eigenvalue weighted by atomic mass is 32.1. The van der Waals surface area contributed by atoms with E-state index >= 15 is 0 Å². The van der Waals surface area contributed by atoms with Crippen LogP contribution in [0.3, 0.4) is 0 Å². The molecule has 0 aliphatic heterocycles. The molecule has 18 heavy (non-hydrogen) atoms. The molecule has 1 aromatic carbocycles. The molecule has 0 aliphatic carbocycles. The summed E-state index contributed by atoms with van der Waals surface area (Å²) in [7, 11) is 0. The Kier molecular flexibility index (Phi) is 3.34. The van der Waals surface area contributed by atoms with E-state index in [1.54, 1.807) is 18.3 Å². The fourth-order valence-electron chi connectivity index (χ4n) is 1.57. The maximum atomic E-state index is 12.2. The number of thiazole rings is 1. The zero-order valence-corrected chi connectivity index (χ0v) is 11.1. The smallest absolute Gasteiger partial charge is 0.236 e. The number of nitrogens with one attached hydrogen (secondary N) is 1. The van der Waals surface area contributed by atoms with E-state index in [-0.39, 0.29) is 5.91 Å². The van der Waals surface area contributed by atoms with Crippen LogP contribution in [-0.4, -0.2) is 10.9 Å². The molecule has 5 heteroatoms. The summed E-state index contributed by atoms with van der Waals surface area (Å²) in [4.78, 5) is 16.3. The maximum absolute atomic E-state index is 12.2. The van der Waals surface area contributed by atoms with Gasteiger partial charge in [0, 0.05) is 17.3 Å². The predicted molar refractivity (Wildman–Crippen MR) is 74.6 cm³/mol. The van der Waals surface area contributed by atoms with Crippen molar-refractivity contribution in [2.24, 2.45) is 0 Å². The van der Waals surface area contributed by atoms with E-state index in [0.29, 0.717) is 10.8 Å². The van der Waals surface area contributed by atoms with Gasteiger partial charge in [-0.15, -0.1) is 11.3 Å². The van der Waals surface area contributed by atoms with Gasteiger partial charge in [0.2, 0.25) is 5.91 Å². The number of carbonyl (C=O) groups excluding carboxylic acids is 1. The van der Waals surface area contributed by atoms with Gasteiger partial charge in [-0.05, 0) is 31.5 Å². The van der Waals surface area contributed by atoms with Crippen molar-refractivity contribution in [2.45, 2.75) is 19.3 Å². The van der Waals surface area contributed by atoms with Gasteiger partial charge < -0.3 is 11.1 Å². The molecule has 0 saturated heterocycles. The average molecular weight is 261 g/mol. The molecule has 4 nitrogen and oxygen atoms in total. The van der Waals surface area contributed by atoms with E-state index in [9.17, 15) is 4.79 Å². The molecule has 1 heterocycles. The summed E-state index contributed by atoms with van der Waals surface area (Å²) in [6, 6.07) is 7.34. The summed E-state index contributed by atoms with van der Waals surface area (Å²) in [5.74, 6) is -0.0813. The molecule has 0 saturated carbocycles. The summed E-state index contributed by atoms with van der Waals surface area (Å²) in [6.07, 6.45) is 1.66. The number of aromatic nitrogens is 1. The third-order valence-corrected chi connectivity index (χ3v) is 3.54. The number of hydrogen-bond acceptors (Lipinski definition) is 4. The van der Waals surface area contributed by atoms with Gasteiger partial charge in [-0.2, -0.15) is 0 Å². The van der Waals surface area contributed by atoms with Crippen molar-refractivity contribution in [3.63, 3.8) is 0 Å². The van der Waals surface area contributed by atoms with Crippen molar-refractivity contribution < 1.29 is 4.79 Å². The van der Waals surface area contributed by atoms with Gasteiger partial charge in [0.05, 0.1) is 5.41 Å². The molecule has 0 radical (unpaired) electrons. The Morgan fingerprint density at radius 1 is 1.33 bits per heavy atom. The SMILES string of the molecule is CC(C)(C(=O)Nc1nccs1)c1ccc(N)cc1. The number of hydrogen-bond donors (Lipinski definition) is 2. The highest BCUT2D eigenvalue weighted by Gasteiger charge is 2.30.